The van der Waals surface area contributed by atoms with E-state index in [-0.39, 0.29) is 0 Å². The Bertz CT molecular complexity index is 762. The van der Waals surface area contributed by atoms with Crippen LogP contribution in [0.15, 0.2) is 46.4 Å². The molecule has 21 heavy (non-hydrogen) atoms. The second-order valence-corrected chi connectivity index (χ2v) is 7.33. The normalized spacial score (nSPS) is 10.6. The van der Waals surface area contributed by atoms with Crippen LogP contribution in [0, 0.1) is 13.8 Å². The lowest BCUT2D eigenvalue weighted by molar-refractivity contribution is 1.17. The van der Waals surface area contributed by atoms with E-state index in [2.05, 4.69) is 69.3 Å². The molecule has 0 aliphatic heterocycles. The van der Waals surface area contributed by atoms with Crippen molar-refractivity contribution in [3.8, 4) is 10.6 Å². The zero-order valence-corrected chi connectivity index (χ0v) is 14.1. The number of hydrogen-bond donors (Lipinski definition) is 1. The summed E-state index contributed by atoms with van der Waals surface area (Å²) in [6.45, 7) is 4.16. The first-order valence-electron chi connectivity index (χ1n) is 6.54. The molecule has 0 bridgehead atoms. The number of benzene rings is 1. The van der Waals surface area contributed by atoms with E-state index in [4.69, 9.17) is 0 Å². The summed E-state index contributed by atoms with van der Waals surface area (Å²) in [5.41, 5.74) is 4.37. The average molecular weight is 360 g/mol. The Kier molecular flexibility index (Phi) is 4.03. The third-order valence-electron chi connectivity index (χ3n) is 2.96. The Morgan fingerprint density at radius 2 is 1.81 bits per heavy atom. The van der Waals surface area contributed by atoms with Gasteiger partial charge < -0.3 is 5.32 Å². The summed E-state index contributed by atoms with van der Waals surface area (Å²) in [6, 6.07) is 12.3. The van der Waals surface area contributed by atoms with Crippen LogP contribution >= 0.6 is 27.3 Å². The summed E-state index contributed by atoms with van der Waals surface area (Å²) >= 11 is 5.14. The minimum absolute atomic E-state index is 0.613. The highest BCUT2D eigenvalue weighted by atomic mass is 79.9. The fourth-order valence-electron chi connectivity index (χ4n) is 2.18. The molecule has 0 saturated carbocycles. The molecule has 1 N–H and O–H groups in total. The van der Waals surface area contributed by atoms with Gasteiger partial charge in [0.15, 0.2) is 0 Å². The lowest BCUT2D eigenvalue weighted by Crippen LogP contribution is -1.98. The van der Waals surface area contributed by atoms with E-state index in [1.807, 2.05) is 12.1 Å². The fourth-order valence-corrected chi connectivity index (χ4v) is 3.54. The smallest absolute Gasteiger partial charge is 0.227 e. The lowest BCUT2D eigenvalue weighted by Gasteiger charge is -2.08. The van der Waals surface area contributed by atoms with E-state index in [1.165, 1.54) is 11.1 Å². The van der Waals surface area contributed by atoms with E-state index in [0.29, 0.717) is 5.95 Å². The van der Waals surface area contributed by atoms with Gasteiger partial charge in [0.2, 0.25) is 5.95 Å². The molecule has 3 nitrogen and oxygen atoms in total. The quantitative estimate of drug-likeness (QED) is 0.686. The first-order valence-corrected chi connectivity index (χ1v) is 8.15. The third kappa shape index (κ3) is 3.49. The van der Waals surface area contributed by atoms with Gasteiger partial charge in [0, 0.05) is 11.9 Å². The van der Waals surface area contributed by atoms with Crippen LogP contribution in [0.4, 0.5) is 11.6 Å². The molecule has 0 spiro atoms. The van der Waals surface area contributed by atoms with Gasteiger partial charge in [-0.05, 0) is 71.2 Å². The van der Waals surface area contributed by atoms with Crippen LogP contribution in [-0.2, 0) is 0 Å². The maximum absolute atomic E-state index is 4.58. The zero-order valence-electron chi connectivity index (χ0n) is 11.7. The predicted octanol–water partition coefficient (Wildman–Crippen LogP) is 5.33. The van der Waals surface area contributed by atoms with Gasteiger partial charge in [0.1, 0.15) is 0 Å². The van der Waals surface area contributed by atoms with Crippen LogP contribution in [0.3, 0.4) is 0 Å². The first kappa shape index (κ1) is 14.2. The van der Waals surface area contributed by atoms with Gasteiger partial charge in [-0.25, -0.2) is 9.97 Å². The van der Waals surface area contributed by atoms with Gasteiger partial charge in [0.05, 0.1) is 14.4 Å². The van der Waals surface area contributed by atoms with Crippen LogP contribution in [-0.4, -0.2) is 9.97 Å². The number of nitrogens with one attached hydrogen (secondary N) is 1. The minimum atomic E-state index is 0.613. The van der Waals surface area contributed by atoms with Crippen LogP contribution in [0.1, 0.15) is 11.1 Å². The molecule has 0 saturated heterocycles. The lowest BCUT2D eigenvalue weighted by atomic mass is 10.1. The van der Waals surface area contributed by atoms with E-state index in [9.17, 15) is 0 Å². The summed E-state index contributed by atoms with van der Waals surface area (Å²) in [4.78, 5) is 9.99. The summed E-state index contributed by atoms with van der Waals surface area (Å²) in [7, 11) is 0. The molecule has 3 rings (SSSR count). The number of aromatic nitrogens is 2. The Balaban J connectivity index is 1.89. The monoisotopic (exact) mass is 359 g/mol. The van der Waals surface area contributed by atoms with Crippen LogP contribution in [0.25, 0.3) is 10.6 Å². The van der Waals surface area contributed by atoms with Gasteiger partial charge in [0.25, 0.3) is 0 Å². The molecule has 2 heterocycles. The van der Waals surface area contributed by atoms with Crippen molar-refractivity contribution < 1.29 is 0 Å². The van der Waals surface area contributed by atoms with Gasteiger partial charge in [-0.15, -0.1) is 11.3 Å². The molecular weight excluding hydrogens is 346 g/mol. The second-order valence-electron chi connectivity index (χ2n) is 4.87. The Morgan fingerprint density at radius 1 is 1.05 bits per heavy atom. The van der Waals surface area contributed by atoms with Crippen molar-refractivity contribution in [1.29, 1.82) is 0 Å². The standard InChI is InChI=1S/C16H14BrN3S/c1-10-7-11(2)9-12(8-10)19-16-18-6-5-13(20-16)14-3-4-15(17)21-14/h3-9H,1-2H3,(H,18,19,20). The molecule has 0 fully saturated rings. The number of aryl methyl sites for hydroxylation is 2. The number of thiophene rings is 1. The predicted molar refractivity (Wildman–Crippen MR) is 92.2 cm³/mol. The van der Waals surface area contributed by atoms with Crippen molar-refractivity contribution >= 4 is 38.9 Å². The second kappa shape index (κ2) is 5.95. The number of anilines is 2. The van der Waals surface area contributed by atoms with Crippen LogP contribution < -0.4 is 5.32 Å². The molecule has 106 valence electrons. The molecule has 3 aromatic rings. The Labute approximate surface area is 136 Å². The molecule has 0 unspecified atom stereocenters. The summed E-state index contributed by atoms with van der Waals surface area (Å²) < 4.78 is 1.10. The van der Waals surface area contributed by atoms with Crippen molar-refractivity contribution in [3.05, 3.63) is 57.5 Å². The van der Waals surface area contributed by atoms with E-state index >= 15 is 0 Å². The Morgan fingerprint density at radius 3 is 2.48 bits per heavy atom. The van der Waals surface area contributed by atoms with E-state index < -0.39 is 0 Å². The summed E-state index contributed by atoms with van der Waals surface area (Å²) in [5, 5.41) is 3.27. The number of hydrogen-bond acceptors (Lipinski definition) is 4. The van der Waals surface area contributed by atoms with Crippen molar-refractivity contribution in [2.24, 2.45) is 0 Å². The van der Waals surface area contributed by atoms with Gasteiger partial charge in [-0.1, -0.05) is 6.07 Å². The third-order valence-corrected chi connectivity index (χ3v) is 4.61. The molecule has 5 heteroatoms. The highest BCUT2D eigenvalue weighted by molar-refractivity contribution is 9.11. The van der Waals surface area contributed by atoms with Crippen LogP contribution in [0.2, 0.25) is 0 Å². The average Bonchev–Trinajstić information content (AvgIpc) is 2.84. The molecule has 0 aliphatic rings. The van der Waals surface area contributed by atoms with E-state index in [0.717, 1.165) is 20.0 Å². The molecule has 1 aromatic carbocycles. The Hall–Kier alpha value is -1.72. The molecule has 0 atom stereocenters. The molecule has 2 aromatic heterocycles. The molecule has 0 radical (unpaired) electrons. The van der Waals surface area contributed by atoms with Gasteiger partial charge in [-0.3, -0.25) is 0 Å². The number of rotatable bonds is 3. The van der Waals surface area contributed by atoms with Crippen molar-refractivity contribution in [3.63, 3.8) is 0 Å². The van der Waals surface area contributed by atoms with Gasteiger partial charge in [-0.2, -0.15) is 0 Å². The van der Waals surface area contributed by atoms with Crippen LogP contribution in [0.5, 0.6) is 0 Å². The molecular formula is C16H14BrN3S. The van der Waals surface area contributed by atoms with Crippen molar-refractivity contribution in [2.45, 2.75) is 13.8 Å². The first-order chi connectivity index (χ1) is 10.1. The maximum atomic E-state index is 4.58. The van der Waals surface area contributed by atoms with Crippen molar-refractivity contribution in [1.82, 2.24) is 9.97 Å². The summed E-state index contributed by atoms with van der Waals surface area (Å²) in [6.07, 6.45) is 1.78. The summed E-state index contributed by atoms with van der Waals surface area (Å²) in [5.74, 6) is 0.613. The number of halogens is 1. The van der Waals surface area contributed by atoms with E-state index in [1.54, 1.807) is 17.5 Å². The maximum Gasteiger partial charge on any atom is 0.227 e. The fraction of sp³-hybridized carbons (Fsp3) is 0.125. The topological polar surface area (TPSA) is 37.8 Å². The number of nitrogens with zero attached hydrogens (tertiary/aromatic N) is 2. The minimum Gasteiger partial charge on any atom is -0.324 e. The zero-order chi connectivity index (χ0) is 14.8. The molecule has 0 amide bonds. The SMILES string of the molecule is Cc1cc(C)cc(Nc2nccc(-c3ccc(Br)s3)n2)c1. The highest BCUT2D eigenvalue weighted by Gasteiger charge is 2.05. The highest BCUT2D eigenvalue weighted by Crippen LogP contribution is 2.30. The molecule has 0 aliphatic carbocycles. The largest absolute Gasteiger partial charge is 0.324 e. The van der Waals surface area contributed by atoms with Crippen molar-refractivity contribution in [2.75, 3.05) is 5.32 Å². The van der Waals surface area contributed by atoms with Gasteiger partial charge >= 0.3 is 0 Å².